The molecule has 0 N–H and O–H groups in total. The SMILES string of the molecule is C/C=C/C=C/CCCCC. The van der Waals surface area contributed by atoms with E-state index in [-0.39, 0.29) is 0 Å². The quantitative estimate of drug-likeness (QED) is 0.401. The summed E-state index contributed by atoms with van der Waals surface area (Å²) in [6.07, 6.45) is 13.7. The third kappa shape index (κ3) is 7.48. The van der Waals surface area contributed by atoms with Crippen LogP contribution in [0.1, 0.15) is 39.5 Å². The van der Waals surface area contributed by atoms with E-state index in [1.54, 1.807) is 0 Å². The fourth-order valence-corrected chi connectivity index (χ4v) is 0.798. The molecule has 0 aromatic heterocycles. The van der Waals surface area contributed by atoms with E-state index >= 15 is 0 Å². The van der Waals surface area contributed by atoms with Crippen molar-refractivity contribution in [2.24, 2.45) is 0 Å². The molecule has 0 radical (unpaired) electrons. The fourth-order valence-electron chi connectivity index (χ4n) is 0.798. The first-order valence-electron chi connectivity index (χ1n) is 4.19. The number of hydrogen-bond donors (Lipinski definition) is 0. The predicted octanol–water partition coefficient (Wildman–Crippen LogP) is 3.70. The van der Waals surface area contributed by atoms with Gasteiger partial charge in [-0.1, -0.05) is 44.1 Å². The number of rotatable bonds is 5. The molecule has 0 atom stereocenters. The van der Waals surface area contributed by atoms with Crippen LogP contribution in [0.5, 0.6) is 0 Å². The zero-order valence-electron chi connectivity index (χ0n) is 7.14. The average molecular weight is 138 g/mol. The lowest BCUT2D eigenvalue weighted by molar-refractivity contribution is 0.729. The van der Waals surface area contributed by atoms with Crippen molar-refractivity contribution in [3.8, 4) is 0 Å². The van der Waals surface area contributed by atoms with Crippen LogP contribution in [0, 0.1) is 0 Å². The van der Waals surface area contributed by atoms with Crippen LogP contribution in [0.3, 0.4) is 0 Å². The molecular weight excluding hydrogens is 120 g/mol. The van der Waals surface area contributed by atoms with E-state index in [0.717, 1.165) is 0 Å². The predicted molar refractivity (Wildman–Crippen MR) is 48.1 cm³/mol. The zero-order chi connectivity index (χ0) is 7.66. The molecule has 0 rings (SSSR count). The molecule has 0 aliphatic heterocycles. The minimum absolute atomic E-state index is 1.23. The molecule has 0 aromatic carbocycles. The first-order valence-corrected chi connectivity index (χ1v) is 4.19. The molecule has 0 bridgehead atoms. The molecule has 0 heteroatoms. The van der Waals surface area contributed by atoms with Gasteiger partial charge in [0.2, 0.25) is 0 Å². The zero-order valence-corrected chi connectivity index (χ0v) is 7.14. The van der Waals surface area contributed by atoms with Crippen LogP contribution in [0.25, 0.3) is 0 Å². The van der Waals surface area contributed by atoms with E-state index in [1.165, 1.54) is 25.7 Å². The Hall–Kier alpha value is -0.520. The van der Waals surface area contributed by atoms with Crippen LogP contribution >= 0.6 is 0 Å². The van der Waals surface area contributed by atoms with Crippen molar-refractivity contribution >= 4 is 0 Å². The molecule has 0 nitrogen and oxygen atoms in total. The minimum Gasteiger partial charge on any atom is -0.0877 e. The summed E-state index contributed by atoms with van der Waals surface area (Å²) >= 11 is 0. The summed E-state index contributed by atoms with van der Waals surface area (Å²) < 4.78 is 0. The standard InChI is InChI=1S/C10H18/c1-3-5-7-9-10-8-6-4-2/h3,5,7,9H,4,6,8,10H2,1-2H3/b5-3+,9-7+. The Balaban J connectivity index is 3.02. The van der Waals surface area contributed by atoms with E-state index in [4.69, 9.17) is 0 Å². The second-order valence-corrected chi connectivity index (χ2v) is 2.45. The first-order chi connectivity index (χ1) is 4.91. The van der Waals surface area contributed by atoms with Gasteiger partial charge in [0.05, 0.1) is 0 Å². The molecule has 58 valence electrons. The molecule has 0 amide bonds. The van der Waals surface area contributed by atoms with Gasteiger partial charge in [0.15, 0.2) is 0 Å². The van der Waals surface area contributed by atoms with Gasteiger partial charge in [0.1, 0.15) is 0 Å². The van der Waals surface area contributed by atoms with Crippen molar-refractivity contribution in [1.29, 1.82) is 0 Å². The summed E-state index contributed by atoms with van der Waals surface area (Å²) in [5.41, 5.74) is 0. The molecule has 0 saturated carbocycles. The van der Waals surface area contributed by atoms with Crippen LogP contribution in [0.15, 0.2) is 24.3 Å². The summed E-state index contributed by atoms with van der Waals surface area (Å²) in [6.45, 7) is 4.27. The largest absolute Gasteiger partial charge is 0.0877 e. The summed E-state index contributed by atoms with van der Waals surface area (Å²) in [6, 6.07) is 0. The van der Waals surface area contributed by atoms with Gasteiger partial charge in [0.25, 0.3) is 0 Å². The number of unbranched alkanes of at least 4 members (excludes halogenated alkanes) is 3. The molecule has 10 heavy (non-hydrogen) atoms. The maximum absolute atomic E-state index is 2.23. The highest BCUT2D eigenvalue weighted by molar-refractivity contribution is 5.00. The van der Waals surface area contributed by atoms with Crippen molar-refractivity contribution in [1.82, 2.24) is 0 Å². The van der Waals surface area contributed by atoms with Crippen LogP contribution in [0.4, 0.5) is 0 Å². The Morgan fingerprint density at radius 2 is 1.90 bits per heavy atom. The lowest BCUT2D eigenvalue weighted by Gasteiger charge is -1.89. The molecule has 0 unspecified atom stereocenters. The van der Waals surface area contributed by atoms with Crippen LogP contribution in [-0.4, -0.2) is 0 Å². The van der Waals surface area contributed by atoms with Crippen LogP contribution in [0.2, 0.25) is 0 Å². The topological polar surface area (TPSA) is 0 Å². The van der Waals surface area contributed by atoms with Crippen LogP contribution in [-0.2, 0) is 0 Å². The highest BCUT2D eigenvalue weighted by atomic mass is 13.9. The normalized spacial score (nSPS) is 11.8. The van der Waals surface area contributed by atoms with Gasteiger partial charge in [-0.3, -0.25) is 0 Å². The molecule has 0 fully saturated rings. The Morgan fingerprint density at radius 3 is 2.50 bits per heavy atom. The lowest BCUT2D eigenvalue weighted by Crippen LogP contribution is -1.69. The fraction of sp³-hybridized carbons (Fsp3) is 0.600. The monoisotopic (exact) mass is 138 g/mol. The molecule has 0 aliphatic carbocycles. The van der Waals surface area contributed by atoms with Crippen molar-refractivity contribution < 1.29 is 0 Å². The second-order valence-electron chi connectivity index (χ2n) is 2.45. The Kier molecular flexibility index (Phi) is 8.04. The van der Waals surface area contributed by atoms with E-state index in [2.05, 4.69) is 31.2 Å². The third-order valence-electron chi connectivity index (χ3n) is 1.41. The Labute approximate surface area is 64.6 Å². The molecule has 0 spiro atoms. The molecular formula is C10H18. The number of allylic oxidation sites excluding steroid dienone is 4. The summed E-state index contributed by atoms with van der Waals surface area (Å²) in [7, 11) is 0. The second kappa shape index (κ2) is 8.48. The van der Waals surface area contributed by atoms with E-state index in [0.29, 0.717) is 0 Å². The van der Waals surface area contributed by atoms with Gasteiger partial charge in [-0.25, -0.2) is 0 Å². The van der Waals surface area contributed by atoms with Gasteiger partial charge in [0, 0.05) is 0 Å². The van der Waals surface area contributed by atoms with E-state index < -0.39 is 0 Å². The van der Waals surface area contributed by atoms with E-state index in [1.807, 2.05) is 6.92 Å². The van der Waals surface area contributed by atoms with Crippen molar-refractivity contribution in [2.45, 2.75) is 39.5 Å². The lowest BCUT2D eigenvalue weighted by atomic mass is 10.2. The summed E-state index contributed by atoms with van der Waals surface area (Å²) in [5, 5.41) is 0. The van der Waals surface area contributed by atoms with Crippen molar-refractivity contribution in [2.75, 3.05) is 0 Å². The van der Waals surface area contributed by atoms with Crippen molar-refractivity contribution in [3.63, 3.8) is 0 Å². The highest BCUT2D eigenvalue weighted by Gasteiger charge is 1.79. The highest BCUT2D eigenvalue weighted by Crippen LogP contribution is 1.99. The number of hydrogen-bond acceptors (Lipinski definition) is 0. The van der Waals surface area contributed by atoms with Gasteiger partial charge >= 0.3 is 0 Å². The van der Waals surface area contributed by atoms with Crippen LogP contribution < -0.4 is 0 Å². The molecule has 0 heterocycles. The molecule has 0 aromatic rings. The maximum Gasteiger partial charge on any atom is -0.0348 e. The smallest absolute Gasteiger partial charge is 0.0348 e. The maximum atomic E-state index is 2.23. The average Bonchev–Trinajstić information content (AvgIpc) is 1.97. The van der Waals surface area contributed by atoms with Crippen molar-refractivity contribution in [3.05, 3.63) is 24.3 Å². The van der Waals surface area contributed by atoms with E-state index in [9.17, 15) is 0 Å². The summed E-state index contributed by atoms with van der Waals surface area (Å²) in [5.74, 6) is 0. The molecule has 0 aliphatic rings. The minimum atomic E-state index is 1.23. The van der Waals surface area contributed by atoms with Gasteiger partial charge < -0.3 is 0 Å². The summed E-state index contributed by atoms with van der Waals surface area (Å²) in [4.78, 5) is 0. The van der Waals surface area contributed by atoms with Gasteiger partial charge in [-0.2, -0.15) is 0 Å². The first kappa shape index (κ1) is 9.48. The Bertz CT molecular complexity index is 98.6. The van der Waals surface area contributed by atoms with Gasteiger partial charge in [-0.05, 0) is 19.8 Å². The molecule has 0 saturated heterocycles. The third-order valence-corrected chi connectivity index (χ3v) is 1.41. The Morgan fingerprint density at radius 1 is 1.10 bits per heavy atom. The van der Waals surface area contributed by atoms with Gasteiger partial charge in [-0.15, -0.1) is 0 Å².